The largest absolute Gasteiger partial charge is 0.381 e. The number of hydrogen-bond acceptors (Lipinski definition) is 3. The molecule has 0 aromatic rings. The maximum Gasteiger partial charge on any atom is 0.0480 e. The van der Waals surface area contributed by atoms with Crippen molar-refractivity contribution in [1.29, 1.82) is 0 Å². The molecule has 2 unspecified atom stereocenters. The van der Waals surface area contributed by atoms with Crippen LogP contribution < -0.4 is 5.32 Å². The fourth-order valence-electron chi connectivity index (χ4n) is 4.04. The van der Waals surface area contributed by atoms with Gasteiger partial charge in [-0.05, 0) is 44.4 Å². The molecule has 1 N–H and O–H groups in total. The summed E-state index contributed by atoms with van der Waals surface area (Å²) in [5, 5.41) is 3.89. The van der Waals surface area contributed by atoms with Crippen LogP contribution in [0.1, 0.15) is 46.5 Å². The molecule has 3 heteroatoms. The summed E-state index contributed by atoms with van der Waals surface area (Å²) in [4.78, 5) is 2.84. The second-order valence-electron chi connectivity index (χ2n) is 7.40. The molecule has 0 aromatic heterocycles. The highest BCUT2D eigenvalue weighted by molar-refractivity contribution is 5.05. The average molecular weight is 266 g/mol. The Labute approximate surface area is 118 Å². The van der Waals surface area contributed by atoms with Crippen LogP contribution in [0.4, 0.5) is 0 Å². The van der Waals surface area contributed by atoms with Crippen LogP contribution in [-0.2, 0) is 4.74 Å². The van der Waals surface area contributed by atoms with Crippen LogP contribution in [0.2, 0.25) is 0 Å². The third kappa shape index (κ3) is 2.84. The first-order valence-electron chi connectivity index (χ1n) is 8.19. The summed E-state index contributed by atoms with van der Waals surface area (Å²) in [6, 6.07) is 1.45. The predicted molar refractivity (Wildman–Crippen MR) is 78.3 cm³/mol. The lowest BCUT2D eigenvalue weighted by Gasteiger charge is -2.51. The average Bonchev–Trinajstić information content (AvgIpc) is 3.24. The van der Waals surface area contributed by atoms with Crippen molar-refractivity contribution in [2.75, 3.05) is 26.3 Å². The van der Waals surface area contributed by atoms with Gasteiger partial charge in [-0.15, -0.1) is 0 Å². The minimum Gasteiger partial charge on any atom is -0.381 e. The van der Waals surface area contributed by atoms with Gasteiger partial charge in [0, 0.05) is 43.9 Å². The molecular weight excluding hydrogens is 236 g/mol. The fourth-order valence-corrected chi connectivity index (χ4v) is 4.04. The minimum atomic E-state index is 0.365. The number of hydrogen-bond donors (Lipinski definition) is 1. The van der Waals surface area contributed by atoms with E-state index in [1.165, 1.54) is 38.8 Å². The van der Waals surface area contributed by atoms with Gasteiger partial charge in [0.2, 0.25) is 0 Å². The lowest BCUT2D eigenvalue weighted by atomic mass is 9.86. The molecule has 3 aliphatic rings. The molecule has 0 radical (unpaired) electrons. The first kappa shape index (κ1) is 13.8. The molecule has 0 aromatic carbocycles. The van der Waals surface area contributed by atoms with Gasteiger partial charge in [0.1, 0.15) is 0 Å². The van der Waals surface area contributed by atoms with E-state index in [0.717, 1.165) is 31.1 Å². The first-order valence-corrected chi connectivity index (χ1v) is 8.19. The van der Waals surface area contributed by atoms with Crippen molar-refractivity contribution in [2.45, 2.75) is 64.1 Å². The van der Waals surface area contributed by atoms with Crippen molar-refractivity contribution in [1.82, 2.24) is 10.2 Å². The lowest BCUT2D eigenvalue weighted by Crippen LogP contribution is -2.67. The van der Waals surface area contributed by atoms with E-state index in [0.29, 0.717) is 11.6 Å². The summed E-state index contributed by atoms with van der Waals surface area (Å²) in [7, 11) is 0. The standard InChI is InChI=1S/C16H30N2O/c1-12(2)15-10-17-16(3,13-4-5-13)11-18(15)14-6-8-19-9-7-14/h12-15,17H,4-11H2,1-3H3. The van der Waals surface area contributed by atoms with Crippen molar-refractivity contribution in [3.8, 4) is 0 Å². The van der Waals surface area contributed by atoms with E-state index in [1.54, 1.807) is 0 Å². The van der Waals surface area contributed by atoms with Crippen LogP contribution >= 0.6 is 0 Å². The maximum atomic E-state index is 5.56. The molecule has 2 atom stereocenters. The maximum absolute atomic E-state index is 5.56. The highest BCUT2D eigenvalue weighted by Crippen LogP contribution is 2.42. The van der Waals surface area contributed by atoms with Crippen molar-refractivity contribution in [3.63, 3.8) is 0 Å². The van der Waals surface area contributed by atoms with Gasteiger partial charge in [0.15, 0.2) is 0 Å². The molecule has 110 valence electrons. The van der Waals surface area contributed by atoms with Gasteiger partial charge in [0.25, 0.3) is 0 Å². The van der Waals surface area contributed by atoms with Gasteiger partial charge in [-0.3, -0.25) is 4.90 Å². The van der Waals surface area contributed by atoms with E-state index in [9.17, 15) is 0 Å². The molecule has 1 aliphatic carbocycles. The molecule has 0 amide bonds. The van der Waals surface area contributed by atoms with Gasteiger partial charge in [-0.25, -0.2) is 0 Å². The Morgan fingerprint density at radius 2 is 1.84 bits per heavy atom. The Balaban J connectivity index is 1.73. The second-order valence-corrected chi connectivity index (χ2v) is 7.40. The van der Waals surface area contributed by atoms with Gasteiger partial charge >= 0.3 is 0 Å². The molecule has 0 bridgehead atoms. The minimum absolute atomic E-state index is 0.365. The normalized spacial score (nSPS) is 38.8. The third-order valence-electron chi connectivity index (χ3n) is 5.56. The van der Waals surface area contributed by atoms with Gasteiger partial charge in [-0.1, -0.05) is 13.8 Å². The van der Waals surface area contributed by atoms with Gasteiger partial charge in [0.05, 0.1) is 0 Å². The Hall–Kier alpha value is -0.120. The zero-order valence-electron chi connectivity index (χ0n) is 12.8. The fraction of sp³-hybridized carbons (Fsp3) is 1.00. The summed E-state index contributed by atoms with van der Waals surface area (Å²) in [5.74, 6) is 1.65. The van der Waals surface area contributed by atoms with E-state index in [-0.39, 0.29) is 0 Å². The van der Waals surface area contributed by atoms with E-state index in [1.807, 2.05) is 0 Å². The second kappa shape index (κ2) is 5.34. The molecule has 2 saturated heterocycles. The number of piperazine rings is 1. The number of nitrogens with one attached hydrogen (secondary N) is 1. The molecular formula is C16H30N2O. The summed E-state index contributed by atoms with van der Waals surface area (Å²) in [5.41, 5.74) is 0.365. The van der Waals surface area contributed by atoms with Crippen molar-refractivity contribution in [2.24, 2.45) is 11.8 Å². The Morgan fingerprint density at radius 3 is 2.42 bits per heavy atom. The van der Waals surface area contributed by atoms with Crippen molar-refractivity contribution in [3.05, 3.63) is 0 Å². The topological polar surface area (TPSA) is 24.5 Å². The van der Waals surface area contributed by atoms with Crippen molar-refractivity contribution < 1.29 is 4.74 Å². The SMILES string of the molecule is CC(C)C1CNC(C)(C2CC2)CN1C1CCOCC1. The molecule has 0 spiro atoms. The smallest absolute Gasteiger partial charge is 0.0480 e. The molecule has 2 aliphatic heterocycles. The van der Waals surface area contributed by atoms with Gasteiger partial charge in [-0.2, -0.15) is 0 Å². The number of rotatable bonds is 3. The van der Waals surface area contributed by atoms with E-state index in [2.05, 4.69) is 31.0 Å². The van der Waals surface area contributed by atoms with Crippen LogP contribution in [0, 0.1) is 11.8 Å². The van der Waals surface area contributed by atoms with E-state index < -0.39 is 0 Å². The highest BCUT2D eigenvalue weighted by Gasteiger charge is 2.47. The first-order chi connectivity index (χ1) is 9.10. The monoisotopic (exact) mass is 266 g/mol. The molecule has 3 fully saturated rings. The van der Waals surface area contributed by atoms with Crippen molar-refractivity contribution >= 4 is 0 Å². The number of ether oxygens (including phenoxy) is 1. The molecule has 1 saturated carbocycles. The molecule has 3 nitrogen and oxygen atoms in total. The van der Waals surface area contributed by atoms with Crippen LogP contribution in [0.5, 0.6) is 0 Å². The zero-order chi connectivity index (χ0) is 13.5. The Bertz CT molecular complexity index is 310. The summed E-state index contributed by atoms with van der Waals surface area (Å²) < 4.78 is 5.56. The predicted octanol–water partition coefficient (Wildman–Crippen LogP) is 2.26. The third-order valence-corrected chi connectivity index (χ3v) is 5.56. The van der Waals surface area contributed by atoms with Gasteiger partial charge < -0.3 is 10.1 Å². The van der Waals surface area contributed by atoms with Crippen LogP contribution in [0.25, 0.3) is 0 Å². The number of nitrogens with zero attached hydrogens (tertiary/aromatic N) is 1. The molecule has 3 rings (SSSR count). The van der Waals surface area contributed by atoms with Crippen LogP contribution in [0.15, 0.2) is 0 Å². The van der Waals surface area contributed by atoms with Crippen LogP contribution in [-0.4, -0.2) is 48.8 Å². The lowest BCUT2D eigenvalue weighted by molar-refractivity contribution is -0.0290. The quantitative estimate of drug-likeness (QED) is 0.848. The summed E-state index contributed by atoms with van der Waals surface area (Å²) in [6.07, 6.45) is 5.31. The Morgan fingerprint density at radius 1 is 1.16 bits per heavy atom. The zero-order valence-corrected chi connectivity index (χ0v) is 12.8. The molecule has 19 heavy (non-hydrogen) atoms. The molecule has 2 heterocycles. The van der Waals surface area contributed by atoms with E-state index >= 15 is 0 Å². The van der Waals surface area contributed by atoms with E-state index in [4.69, 9.17) is 4.74 Å². The highest BCUT2D eigenvalue weighted by atomic mass is 16.5. The summed E-state index contributed by atoms with van der Waals surface area (Å²) >= 11 is 0. The summed E-state index contributed by atoms with van der Waals surface area (Å²) in [6.45, 7) is 11.5. The Kier molecular flexibility index (Phi) is 3.89. The van der Waals surface area contributed by atoms with Crippen LogP contribution in [0.3, 0.4) is 0 Å².